The second-order valence-corrected chi connectivity index (χ2v) is 7.62. The van der Waals surface area contributed by atoms with Gasteiger partial charge >= 0.3 is 0 Å². The van der Waals surface area contributed by atoms with E-state index in [0.29, 0.717) is 18.0 Å². The Morgan fingerprint density at radius 3 is 2.31 bits per heavy atom. The Bertz CT molecular complexity index is 445. The number of aliphatic imine (C=N–C) groups is 1. The van der Waals surface area contributed by atoms with Crippen molar-refractivity contribution in [2.45, 2.75) is 84.7 Å². The fourth-order valence-corrected chi connectivity index (χ4v) is 3.91. The molecular weight excluding hydrogens is 439 g/mol. The molecule has 2 unspecified atom stereocenters. The first kappa shape index (κ1) is 23.5. The predicted molar refractivity (Wildman–Crippen MR) is 120 cm³/mol. The maximum absolute atomic E-state index is 12.5. The first-order chi connectivity index (χ1) is 12.1. The summed E-state index contributed by atoms with van der Waals surface area (Å²) in [5.74, 6) is 2.35. The highest BCUT2D eigenvalue weighted by Crippen LogP contribution is 2.34. The summed E-state index contributed by atoms with van der Waals surface area (Å²) in [6.07, 6.45) is 7.78. The van der Waals surface area contributed by atoms with Gasteiger partial charge in [0.15, 0.2) is 5.96 Å². The Kier molecular flexibility index (Phi) is 10.9. The highest BCUT2D eigenvalue weighted by Gasteiger charge is 2.37. The maximum Gasteiger partial charge on any atom is 0.225 e. The van der Waals surface area contributed by atoms with Crippen LogP contribution in [0.2, 0.25) is 0 Å². The number of likely N-dealkylation sites (tertiary alicyclic amines) is 1. The van der Waals surface area contributed by atoms with E-state index in [0.717, 1.165) is 57.2 Å². The number of guanidine groups is 1. The van der Waals surface area contributed by atoms with Crippen LogP contribution in [0.1, 0.15) is 72.6 Å². The van der Waals surface area contributed by atoms with Crippen LogP contribution in [0.5, 0.6) is 0 Å². The molecule has 2 atom stereocenters. The van der Waals surface area contributed by atoms with E-state index in [1.165, 1.54) is 19.3 Å². The molecular formula is C20H39IN4O. The molecule has 1 amide bonds. The number of nitrogens with one attached hydrogen (secondary N) is 2. The molecule has 1 saturated carbocycles. The number of piperidine rings is 1. The van der Waals surface area contributed by atoms with E-state index in [9.17, 15) is 4.79 Å². The van der Waals surface area contributed by atoms with Gasteiger partial charge in [-0.15, -0.1) is 24.0 Å². The molecule has 5 nitrogen and oxygen atoms in total. The predicted octanol–water partition coefficient (Wildman–Crippen LogP) is 3.78. The van der Waals surface area contributed by atoms with Crippen LogP contribution in [-0.2, 0) is 4.79 Å². The average Bonchev–Trinajstić information content (AvgIpc) is 3.34. The van der Waals surface area contributed by atoms with Crippen molar-refractivity contribution >= 4 is 35.8 Å². The lowest BCUT2D eigenvalue weighted by molar-refractivity contribution is -0.136. The summed E-state index contributed by atoms with van der Waals surface area (Å²) in [7, 11) is 0. The van der Waals surface area contributed by atoms with E-state index in [1.54, 1.807) is 0 Å². The molecule has 1 heterocycles. The van der Waals surface area contributed by atoms with Crippen LogP contribution >= 0.6 is 24.0 Å². The van der Waals surface area contributed by atoms with Gasteiger partial charge in [-0.1, -0.05) is 27.2 Å². The Morgan fingerprint density at radius 2 is 1.77 bits per heavy atom. The monoisotopic (exact) mass is 478 g/mol. The third-order valence-electron chi connectivity index (χ3n) is 5.70. The summed E-state index contributed by atoms with van der Waals surface area (Å²) in [6.45, 7) is 11.1. The topological polar surface area (TPSA) is 56.7 Å². The first-order valence-corrected chi connectivity index (χ1v) is 10.5. The molecule has 2 N–H and O–H groups in total. The van der Waals surface area contributed by atoms with Crippen molar-refractivity contribution in [2.24, 2.45) is 16.8 Å². The van der Waals surface area contributed by atoms with E-state index < -0.39 is 0 Å². The van der Waals surface area contributed by atoms with Crippen molar-refractivity contribution in [1.29, 1.82) is 0 Å². The minimum absolute atomic E-state index is 0. The van der Waals surface area contributed by atoms with Crippen LogP contribution in [0.25, 0.3) is 0 Å². The average molecular weight is 478 g/mol. The highest BCUT2D eigenvalue weighted by molar-refractivity contribution is 14.0. The fraction of sp³-hybridized carbons (Fsp3) is 0.900. The molecule has 26 heavy (non-hydrogen) atoms. The molecule has 2 aliphatic rings. The second kappa shape index (κ2) is 12.0. The summed E-state index contributed by atoms with van der Waals surface area (Å²) in [5.41, 5.74) is 0. The van der Waals surface area contributed by atoms with Gasteiger partial charge in [-0.25, -0.2) is 0 Å². The maximum atomic E-state index is 12.5. The van der Waals surface area contributed by atoms with Crippen LogP contribution in [0.4, 0.5) is 0 Å². The van der Waals surface area contributed by atoms with Crippen LogP contribution in [0.3, 0.4) is 0 Å². The van der Waals surface area contributed by atoms with Gasteiger partial charge in [-0.2, -0.15) is 0 Å². The van der Waals surface area contributed by atoms with E-state index in [-0.39, 0.29) is 29.9 Å². The SMILES string of the molecule is CCCC1CC1NC(=NCC)NC1CCN(C(=O)C(CC)CC)CC1.I. The van der Waals surface area contributed by atoms with E-state index in [2.05, 4.69) is 48.2 Å². The molecule has 1 saturated heterocycles. The Hall–Kier alpha value is -0.530. The standard InChI is InChI=1S/C20H38N4O.HI/c1-5-9-16-14-18(16)23-20(21-8-4)22-17-10-12-24(13-11-17)19(25)15(6-2)7-3;/h15-18H,5-14H2,1-4H3,(H2,21,22,23);1H. The molecule has 0 radical (unpaired) electrons. The van der Waals surface area contributed by atoms with Crippen LogP contribution < -0.4 is 10.6 Å². The quantitative estimate of drug-likeness (QED) is 0.317. The van der Waals surface area contributed by atoms with Gasteiger partial charge in [0.2, 0.25) is 5.91 Å². The molecule has 0 aromatic heterocycles. The molecule has 2 rings (SSSR count). The number of hydrogen-bond donors (Lipinski definition) is 2. The van der Waals surface area contributed by atoms with E-state index in [4.69, 9.17) is 0 Å². The van der Waals surface area contributed by atoms with Crippen LogP contribution in [0.15, 0.2) is 4.99 Å². The summed E-state index contributed by atoms with van der Waals surface area (Å²) in [6, 6.07) is 1.03. The van der Waals surface area contributed by atoms with Gasteiger partial charge in [-0.05, 0) is 51.4 Å². The lowest BCUT2D eigenvalue weighted by Crippen LogP contribution is -2.51. The Balaban J connectivity index is 0.00000338. The summed E-state index contributed by atoms with van der Waals surface area (Å²) in [4.78, 5) is 19.2. The largest absolute Gasteiger partial charge is 0.354 e. The zero-order chi connectivity index (χ0) is 18.2. The van der Waals surface area contributed by atoms with Crippen molar-refractivity contribution in [3.63, 3.8) is 0 Å². The third-order valence-corrected chi connectivity index (χ3v) is 5.70. The number of nitrogens with zero attached hydrogens (tertiary/aromatic N) is 2. The third kappa shape index (κ3) is 6.89. The van der Waals surface area contributed by atoms with E-state index in [1.807, 2.05) is 0 Å². The molecule has 0 bridgehead atoms. The van der Waals surface area contributed by atoms with Gasteiger partial charge in [0.05, 0.1) is 0 Å². The number of rotatable bonds is 8. The number of hydrogen-bond acceptors (Lipinski definition) is 2. The van der Waals surface area contributed by atoms with Gasteiger partial charge in [0.25, 0.3) is 0 Å². The number of amides is 1. The van der Waals surface area contributed by atoms with E-state index >= 15 is 0 Å². The number of halogens is 1. The van der Waals surface area contributed by atoms with Gasteiger partial charge < -0.3 is 15.5 Å². The molecule has 0 aromatic rings. The summed E-state index contributed by atoms with van der Waals surface area (Å²) < 4.78 is 0. The normalized spacial score (nSPS) is 23.6. The van der Waals surface area contributed by atoms with Gasteiger partial charge in [0, 0.05) is 37.6 Å². The highest BCUT2D eigenvalue weighted by atomic mass is 127. The molecule has 1 aliphatic heterocycles. The Labute approximate surface area is 177 Å². The zero-order valence-electron chi connectivity index (χ0n) is 17.1. The number of carbonyl (C=O) groups excluding carboxylic acids is 1. The molecule has 152 valence electrons. The molecule has 6 heteroatoms. The summed E-state index contributed by atoms with van der Waals surface area (Å²) >= 11 is 0. The number of carbonyl (C=O) groups is 1. The Morgan fingerprint density at radius 1 is 1.12 bits per heavy atom. The van der Waals surface area contributed by atoms with Crippen molar-refractivity contribution in [1.82, 2.24) is 15.5 Å². The minimum atomic E-state index is 0. The smallest absolute Gasteiger partial charge is 0.225 e. The zero-order valence-corrected chi connectivity index (χ0v) is 19.4. The molecule has 1 aliphatic carbocycles. The van der Waals surface area contributed by atoms with Crippen molar-refractivity contribution < 1.29 is 4.79 Å². The van der Waals surface area contributed by atoms with Crippen molar-refractivity contribution in [2.75, 3.05) is 19.6 Å². The lowest BCUT2D eigenvalue weighted by atomic mass is 9.98. The van der Waals surface area contributed by atoms with Crippen LogP contribution in [0, 0.1) is 11.8 Å². The van der Waals surface area contributed by atoms with Gasteiger partial charge in [0.1, 0.15) is 0 Å². The second-order valence-electron chi connectivity index (χ2n) is 7.62. The molecule has 0 aromatic carbocycles. The summed E-state index contributed by atoms with van der Waals surface area (Å²) in [5, 5.41) is 7.21. The van der Waals surface area contributed by atoms with Gasteiger partial charge in [-0.3, -0.25) is 9.79 Å². The molecule has 0 spiro atoms. The first-order valence-electron chi connectivity index (χ1n) is 10.5. The minimum Gasteiger partial charge on any atom is -0.354 e. The lowest BCUT2D eigenvalue weighted by Gasteiger charge is -2.35. The van der Waals surface area contributed by atoms with Crippen molar-refractivity contribution in [3.8, 4) is 0 Å². The fourth-order valence-electron chi connectivity index (χ4n) is 3.91. The van der Waals surface area contributed by atoms with Crippen molar-refractivity contribution in [3.05, 3.63) is 0 Å². The molecule has 2 fully saturated rings. The van der Waals surface area contributed by atoms with Crippen LogP contribution in [-0.4, -0.2) is 48.5 Å².